The Labute approximate surface area is 233 Å². The Morgan fingerprint density at radius 3 is 2.20 bits per heavy atom. The van der Waals surface area contributed by atoms with Crippen LogP contribution in [-0.2, 0) is 26.8 Å². The fourth-order valence-corrected chi connectivity index (χ4v) is 5.75. The first-order chi connectivity index (χ1) is 18.8. The zero-order valence-electron chi connectivity index (χ0n) is 22.7. The number of aryl methyl sites for hydroxylation is 1. The number of carbonyl (C=O) groups excluding carboxylic acids is 1. The molecular formula is C26H32FN3O8S2. The van der Waals surface area contributed by atoms with Crippen LogP contribution in [0.2, 0.25) is 0 Å². The zero-order valence-corrected chi connectivity index (χ0v) is 24.3. The van der Waals surface area contributed by atoms with Crippen molar-refractivity contribution in [2.75, 3.05) is 52.3 Å². The van der Waals surface area contributed by atoms with E-state index in [1.54, 1.807) is 35.8 Å². The molecule has 0 bridgehead atoms. The molecule has 40 heavy (non-hydrogen) atoms. The van der Waals surface area contributed by atoms with E-state index in [0.29, 0.717) is 24.4 Å². The minimum Gasteiger partial charge on any atom is -0.497 e. The van der Waals surface area contributed by atoms with Crippen LogP contribution in [0.1, 0.15) is 28.0 Å². The van der Waals surface area contributed by atoms with Gasteiger partial charge in [-0.25, -0.2) is 0 Å². The largest absolute Gasteiger partial charge is 0.497 e. The molecular weight excluding hydrogens is 565 g/mol. The first-order valence-corrected chi connectivity index (χ1v) is 16.2. The summed E-state index contributed by atoms with van der Waals surface area (Å²) < 4.78 is 80.7. The molecule has 0 amide bonds. The minimum absolute atomic E-state index is 0.0331. The Morgan fingerprint density at radius 1 is 1.00 bits per heavy atom. The molecule has 0 atom stereocenters. The number of hydrogen-bond donors (Lipinski definition) is 1. The van der Waals surface area contributed by atoms with Crippen LogP contribution < -0.4 is 18.4 Å². The molecule has 1 fully saturated rings. The minimum atomic E-state index is -4.30. The van der Waals surface area contributed by atoms with Gasteiger partial charge < -0.3 is 27.9 Å². The van der Waals surface area contributed by atoms with E-state index in [1.165, 1.54) is 7.11 Å². The van der Waals surface area contributed by atoms with Crippen molar-refractivity contribution in [2.45, 2.75) is 19.9 Å². The average molecular weight is 598 g/mol. The predicted octanol–water partition coefficient (Wildman–Crippen LogP) is 2.30. The smallest absolute Gasteiger partial charge is 0.306 e. The third-order valence-electron chi connectivity index (χ3n) is 6.59. The van der Waals surface area contributed by atoms with E-state index in [1.807, 2.05) is 0 Å². The number of halogens is 1. The molecule has 0 spiro atoms. The van der Waals surface area contributed by atoms with Gasteiger partial charge in [0.25, 0.3) is 0 Å². The molecule has 2 aromatic carbocycles. The third kappa shape index (κ3) is 6.74. The molecule has 1 aromatic heterocycles. The maximum Gasteiger partial charge on any atom is 0.306 e. The Morgan fingerprint density at radius 2 is 1.62 bits per heavy atom. The summed E-state index contributed by atoms with van der Waals surface area (Å²) in [7, 11) is -7.00. The number of hydrogen-bond acceptors (Lipinski definition) is 10. The van der Waals surface area contributed by atoms with Crippen LogP contribution in [0.5, 0.6) is 17.2 Å². The van der Waals surface area contributed by atoms with E-state index in [-0.39, 0.29) is 22.0 Å². The van der Waals surface area contributed by atoms with Crippen LogP contribution >= 0.6 is 0 Å². The van der Waals surface area contributed by atoms with Gasteiger partial charge in [-0.15, -0.1) is 0 Å². The Balaban J connectivity index is 1.92. The quantitative estimate of drug-likeness (QED) is 0.259. The lowest BCUT2D eigenvalue weighted by Crippen LogP contribution is -2.43. The molecule has 1 N–H and O–H groups in total. The molecule has 1 saturated heterocycles. The number of benzene rings is 2. The van der Waals surface area contributed by atoms with Gasteiger partial charge in [0.05, 0.1) is 36.1 Å². The normalized spacial score (nSPS) is 14.8. The van der Waals surface area contributed by atoms with Crippen LogP contribution in [0.25, 0.3) is 10.9 Å². The highest BCUT2D eigenvalue weighted by atomic mass is 32.2. The van der Waals surface area contributed by atoms with Crippen LogP contribution in [0.4, 0.5) is 4.39 Å². The highest BCUT2D eigenvalue weighted by Gasteiger charge is 2.31. The Bertz CT molecular complexity index is 1630. The third-order valence-corrected chi connectivity index (χ3v) is 7.55. The fraction of sp³-hybridized carbons (Fsp3) is 0.423. The number of ether oxygens (including phenoxy) is 1. The van der Waals surface area contributed by atoms with Crippen molar-refractivity contribution in [3.05, 3.63) is 53.0 Å². The summed E-state index contributed by atoms with van der Waals surface area (Å²) in [5.74, 6) is -2.87. The molecule has 0 unspecified atom stereocenters. The van der Waals surface area contributed by atoms with Gasteiger partial charge in [-0.2, -0.15) is 21.2 Å². The van der Waals surface area contributed by atoms with Gasteiger partial charge in [-0.05, 0) is 44.2 Å². The van der Waals surface area contributed by atoms with Crippen molar-refractivity contribution in [3.8, 4) is 17.2 Å². The monoisotopic (exact) mass is 597 g/mol. The first kappa shape index (κ1) is 29.8. The van der Waals surface area contributed by atoms with Gasteiger partial charge in [-0.3, -0.25) is 4.79 Å². The average Bonchev–Trinajstić information content (AvgIpc) is 3.16. The van der Waals surface area contributed by atoms with E-state index < -0.39 is 43.3 Å². The number of piperazine rings is 1. The standard InChI is InChI=1S/C26H32FN3O8S2/c1-17-22(25(31)18-6-8-19(36-2)9-7-18)23-20(30(17)13-5-12-29-14-10-28-11-15-29)16-21(37-39(3,32)33)24(27)26(23)38-40(4,34)35/h6-9,16,28H,5,10-15H2,1-4H3. The van der Waals surface area contributed by atoms with E-state index >= 15 is 4.39 Å². The lowest BCUT2D eigenvalue weighted by molar-refractivity contribution is 0.103. The second-order valence-corrected chi connectivity index (χ2v) is 12.8. The van der Waals surface area contributed by atoms with Crippen molar-refractivity contribution in [1.82, 2.24) is 14.8 Å². The molecule has 3 aromatic rings. The summed E-state index contributed by atoms with van der Waals surface area (Å²) >= 11 is 0. The van der Waals surface area contributed by atoms with Crippen LogP contribution in [-0.4, -0.2) is 84.4 Å². The zero-order chi connectivity index (χ0) is 29.2. The lowest BCUT2D eigenvalue weighted by atomic mass is 9.99. The second kappa shape index (κ2) is 11.7. The molecule has 14 heteroatoms. The number of nitrogens with zero attached hydrogens (tertiary/aromatic N) is 2. The summed E-state index contributed by atoms with van der Waals surface area (Å²) in [4.78, 5) is 16.1. The summed E-state index contributed by atoms with van der Waals surface area (Å²) in [6, 6.07) is 7.44. The number of fused-ring (bicyclic) bond motifs is 1. The molecule has 2 heterocycles. The van der Waals surface area contributed by atoms with Crippen molar-refractivity contribution in [1.29, 1.82) is 0 Å². The van der Waals surface area contributed by atoms with Gasteiger partial charge in [0, 0.05) is 50.0 Å². The molecule has 218 valence electrons. The highest BCUT2D eigenvalue weighted by molar-refractivity contribution is 7.86. The molecule has 0 saturated carbocycles. The van der Waals surface area contributed by atoms with E-state index in [9.17, 15) is 21.6 Å². The Kier molecular flexibility index (Phi) is 8.73. The highest BCUT2D eigenvalue weighted by Crippen LogP contribution is 2.42. The van der Waals surface area contributed by atoms with E-state index in [0.717, 1.165) is 51.3 Å². The number of rotatable bonds is 11. The lowest BCUT2D eigenvalue weighted by Gasteiger charge is -2.27. The Hall–Kier alpha value is -3.20. The van der Waals surface area contributed by atoms with Crippen molar-refractivity contribution in [3.63, 3.8) is 0 Å². The van der Waals surface area contributed by atoms with Gasteiger partial charge >= 0.3 is 20.2 Å². The van der Waals surface area contributed by atoms with Crippen LogP contribution in [0.3, 0.4) is 0 Å². The van der Waals surface area contributed by atoms with Gasteiger partial charge in [0.2, 0.25) is 5.82 Å². The molecule has 1 aliphatic heterocycles. The second-order valence-electron chi connectivity index (χ2n) is 9.60. The summed E-state index contributed by atoms with van der Waals surface area (Å²) in [5, 5.41) is 3.20. The number of nitrogens with one attached hydrogen (secondary N) is 1. The maximum atomic E-state index is 15.7. The number of carbonyl (C=O) groups is 1. The SMILES string of the molecule is COc1ccc(C(=O)c2c(C)n(CCCN3CCNCC3)c3cc(OS(C)(=O)=O)c(F)c(OS(C)(=O)=O)c23)cc1. The predicted molar refractivity (Wildman–Crippen MR) is 148 cm³/mol. The topological polar surface area (TPSA) is 133 Å². The summed E-state index contributed by atoms with van der Waals surface area (Å²) in [5.41, 5.74) is 0.926. The van der Waals surface area contributed by atoms with Crippen molar-refractivity contribution >= 4 is 36.9 Å². The number of aromatic nitrogens is 1. The first-order valence-electron chi connectivity index (χ1n) is 12.5. The van der Waals surface area contributed by atoms with E-state index in [4.69, 9.17) is 13.1 Å². The van der Waals surface area contributed by atoms with Gasteiger partial charge in [0.15, 0.2) is 17.3 Å². The van der Waals surface area contributed by atoms with Gasteiger partial charge in [-0.1, -0.05) is 0 Å². The molecule has 4 rings (SSSR count). The number of methoxy groups -OCH3 is 1. The van der Waals surface area contributed by atoms with Crippen LogP contribution in [0.15, 0.2) is 30.3 Å². The molecule has 1 aliphatic rings. The number of ketones is 1. The summed E-state index contributed by atoms with van der Waals surface area (Å²) in [6.07, 6.45) is 2.12. The fourth-order valence-electron chi connectivity index (χ4n) is 4.84. The van der Waals surface area contributed by atoms with Crippen molar-refractivity contribution < 1.29 is 39.1 Å². The van der Waals surface area contributed by atoms with Crippen molar-refractivity contribution in [2.24, 2.45) is 0 Å². The van der Waals surface area contributed by atoms with Crippen LogP contribution in [0, 0.1) is 12.7 Å². The molecule has 11 nitrogen and oxygen atoms in total. The van der Waals surface area contributed by atoms with E-state index in [2.05, 4.69) is 10.2 Å². The summed E-state index contributed by atoms with van der Waals surface area (Å²) in [6.45, 7) is 6.33. The molecule has 0 aliphatic carbocycles. The van der Waals surface area contributed by atoms with Gasteiger partial charge in [0.1, 0.15) is 5.75 Å². The molecule has 0 radical (unpaired) electrons. The maximum absolute atomic E-state index is 15.7.